The van der Waals surface area contributed by atoms with Gasteiger partial charge in [0, 0.05) is 32.5 Å². The van der Waals surface area contributed by atoms with Crippen molar-refractivity contribution in [2.24, 2.45) is 0 Å². The third kappa shape index (κ3) is 4.38. The second-order valence-electron chi connectivity index (χ2n) is 12.4. The molecule has 0 bridgehead atoms. The maximum atomic E-state index is 14.2. The van der Waals surface area contributed by atoms with Gasteiger partial charge in [0.2, 0.25) is 0 Å². The number of benzene rings is 7. The molecule has 0 radical (unpaired) electrons. The first-order valence-electron chi connectivity index (χ1n) is 16.3. The summed E-state index contributed by atoms with van der Waals surface area (Å²) in [6, 6.07) is 18.8. The molecule has 10 rings (SSSR count). The number of carbonyl (C=O) groups excluding carboxylic acids is 1. The van der Waals surface area contributed by atoms with Crippen LogP contribution in [0.2, 0.25) is 0 Å². The minimum Gasteiger partial charge on any atom is -0.658 e. The number of fused-ring (bicyclic) bond motifs is 7. The predicted molar refractivity (Wildman–Crippen MR) is 198 cm³/mol. The van der Waals surface area contributed by atoms with Gasteiger partial charge in [-0.25, -0.2) is 0 Å². The van der Waals surface area contributed by atoms with Gasteiger partial charge in [-0.05, 0) is 70.9 Å². The van der Waals surface area contributed by atoms with Gasteiger partial charge in [-0.3, -0.25) is 23.8 Å². The van der Waals surface area contributed by atoms with E-state index in [2.05, 4.69) is 5.32 Å². The molecule has 0 aliphatic carbocycles. The number of hydrogen-bond donors (Lipinski definition) is 3. The molecule has 3 heterocycles. The Kier molecular flexibility index (Phi) is 7.41. The molecule has 11 nitrogen and oxygen atoms in total. The summed E-state index contributed by atoms with van der Waals surface area (Å²) in [5, 5.41) is 18.8. The van der Waals surface area contributed by atoms with E-state index in [4.69, 9.17) is 9.97 Å². The van der Waals surface area contributed by atoms with Crippen LogP contribution in [-0.2, 0) is 31.2 Å². The van der Waals surface area contributed by atoms with Crippen molar-refractivity contribution in [2.45, 2.75) is 31.8 Å². The Morgan fingerprint density at radius 2 is 1.40 bits per heavy atom. The average Bonchev–Trinajstić information content (AvgIpc) is 3.50. The number of phenolic OH excluding ortho intramolecular Hbond substituents is 1. The number of carbonyl (C=O) groups is 1. The standard InChI is InChI=1S/C37H22N4O7S.C2H6.W/c1-2-22-19-7-5-18-17-6-8-20-30-21(37(45)41-27-12-16(49(46,47)48)4-10-24(27)40-36(20)41)13-28(43)34(32(17)30)35-29(44)14-26(31(19)33(18)35)39-23-9-3-15(42)11-25(23)38-22;1-2;/h2-14,36,40H,1H3,(H4,38,39,42,43,44,45,46,47,48);1-2H3;/q;;+2/p-2/b22-2-;;. The molecule has 1 aromatic heterocycles. The zero-order chi connectivity index (χ0) is 35.7. The van der Waals surface area contributed by atoms with E-state index in [1.54, 1.807) is 6.07 Å². The summed E-state index contributed by atoms with van der Waals surface area (Å²) in [4.78, 5) is 53.3. The van der Waals surface area contributed by atoms with Crippen molar-refractivity contribution in [1.29, 1.82) is 0 Å². The van der Waals surface area contributed by atoms with Crippen molar-refractivity contribution in [2.75, 3.05) is 10.2 Å². The fourth-order valence-corrected chi connectivity index (χ4v) is 8.38. The number of rotatable bonds is 1. The third-order valence-corrected chi connectivity index (χ3v) is 10.7. The van der Waals surface area contributed by atoms with Crippen LogP contribution in [0.3, 0.4) is 0 Å². The van der Waals surface area contributed by atoms with Gasteiger partial charge in [0.1, 0.15) is 11.9 Å². The number of aromatic hydroxyl groups is 1. The zero-order valence-electron chi connectivity index (χ0n) is 27.7. The number of aromatic nitrogens is 2. The van der Waals surface area contributed by atoms with Gasteiger partial charge >= 0.3 is 21.1 Å². The molecular formula is C39H26N4O7SW. The fraction of sp³-hybridized carbons (Fsp3) is 0.103. The zero-order valence-corrected chi connectivity index (χ0v) is 31.4. The van der Waals surface area contributed by atoms with Gasteiger partial charge in [0.05, 0.1) is 21.8 Å². The van der Waals surface area contributed by atoms with Crippen molar-refractivity contribution >= 4 is 98.5 Å². The van der Waals surface area contributed by atoms with E-state index in [9.17, 15) is 32.5 Å². The first-order valence-corrected chi connectivity index (χ1v) is 17.7. The van der Waals surface area contributed by atoms with E-state index in [-0.39, 0.29) is 53.7 Å². The molecule has 2 aliphatic rings. The summed E-state index contributed by atoms with van der Waals surface area (Å²) in [5.74, 6) is -0.490. The first-order chi connectivity index (χ1) is 24.5. The molecular weight excluding hydrogens is 852 g/mol. The van der Waals surface area contributed by atoms with Crippen molar-refractivity contribution < 1.29 is 43.9 Å². The first kappa shape index (κ1) is 33.6. The molecule has 1 atom stereocenters. The van der Waals surface area contributed by atoms with Crippen molar-refractivity contribution in [1.82, 2.24) is 9.97 Å². The minimum atomic E-state index is -4.55. The molecule has 256 valence electrons. The predicted octanol–water partition coefficient (Wildman–Crippen LogP) is 5.82. The Bertz CT molecular complexity index is 3230. The molecule has 8 aromatic rings. The smallest absolute Gasteiger partial charge is 0.658 e. The molecule has 52 heavy (non-hydrogen) atoms. The quantitative estimate of drug-likeness (QED) is 0.104. The Hall–Kier alpha value is -5.55. The van der Waals surface area contributed by atoms with Crippen LogP contribution in [0.25, 0.3) is 71.1 Å². The molecule has 2 aliphatic heterocycles. The molecule has 0 spiro atoms. The van der Waals surface area contributed by atoms with Crippen LogP contribution in [0, 0.1) is 0 Å². The third-order valence-electron chi connectivity index (χ3n) is 9.86. The van der Waals surface area contributed by atoms with Gasteiger partial charge in [-0.1, -0.05) is 44.2 Å². The Labute approximate surface area is 308 Å². The summed E-state index contributed by atoms with van der Waals surface area (Å²) in [7, 11) is -4.55. The molecule has 1 unspecified atom stereocenters. The Morgan fingerprint density at radius 1 is 0.731 bits per heavy atom. The van der Waals surface area contributed by atoms with E-state index in [1.807, 2.05) is 51.1 Å². The monoisotopic (exact) mass is 878 g/mol. The molecule has 7 aromatic carbocycles. The van der Waals surface area contributed by atoms with Crippen molar-refractivity contribution in [3.63, 3.8) is 0 Å². The Morgan fingerprint density at radius 3 is 2.12 bits per heavy atom. The van der Waals surface area contributed by atoms with Crippen LogP contribution in [0.5, 0.6) is 5.75 Å². The second-order valence-corrected chi connectivity index (χ2v) is 13.8. The van der Waals surface area contributed by atoms with E-state index < -0.39 is 33.0 Å². The molecule has 0 saturated heterocycles. The van der Waals surface area contributed by atoms with Crippen LogP contribution in [0.4, 0.5) is 11.4 Å². The maximum Gasteiger partial charge on any atom is 2.00 e. The van der Waals surface area contributed by atoms with Gasteiger partial charge in [0.25, 0.3) is 16.0 Å². The molecule has 1 amide bonds. The topological polar surface area (TPSA) is 169 Å². The second kappa shape index (κ2) is 11.5. The average molecular weight is 879 g/mol. The summed E-state index contributed by atoms with van der Waals surface area (Å²) in [6.45, 7) is 5.85. The molecule has 0 fully saturated rings. The summed E-state index contributed by atoms with van der Waals surface area (Å²) in [5.41, 5.74) is 1.94. The normalized spacial score (nSPS) is 15.2. The largest absolute Gasteiger partial charge is 2.00 e. The van der Waals surface area contributed by atoms with Crippen LogP contribution < -0.4 is 36.4 Å². The van der Waals surface area contributed by atoms with Gasteiger partial charge in [-0.15, -0.1) is 22.5 Å². The van der Waals surface area contributed by atoms with E-state index in [0.29, 0.717) is 70.9 Å². The molecule has 13 heteroatoms. The summed E-state index contributed by atoms with van der Waals surface area (Å²) < 4.78 is 33.6. The van der Waals surface area contributed by atoms with Gasteiger partial charge in [-0.2, -0.15) is 13.9 Å². The van der Waals surface area contributed by atoms with Crippen LogP contribution >= 0.6 is 0 Å². The fourth-order valence-electron chi connectivity index (χ4n) is 7.88. The van der Waals surface area contributed by atoms with Crippen LogP contribution in [0.15, 0.2) is 87.3 Å². The minimum absolute atomic E-state index is 0. The number of hydrogen-bond acceptors (Lipinski definition) is 7. The van der Waals surface area contributed by atoms with E-state index in [0.717, 1.165) is 0 Å². The number of amides is 1. The SMILES string of the molecule is C/C=c1\[n-]c2cc(O)ccc2[n-]c2cc(=O)c3c4c(=O)cc5c6c(ccc(c7ccc1c2c73)c64)C1Nc2ccc(S(=O)(=O)O)cc2N1C5=O.CC.[W+2]. The number of anilines is 2. The van der Waals surface area contributed by atoms with Crippen molar-refractivity contribution in [3.05, 3.63) is 110 Å². The number of nitrogens with zero attached hydrogens (tertiary/aromatic N) is 3. The van der Waals surface area contributed by atoms with E-state index >= 15 is 0 Å². The number of phenols is 1. The van der Waals surface area contributed by atoms with Gasteiger partial charge in [0.15, 0.2) is 10.9 Å². The summed E-state index contributed by atoms with van der Waals surface area (Å²) in [6.07, 6.45) is 1.11. The summed E-state index contributed by atoms with van der Waals surface area (Å²) >= 11 is 0. The molecule has 3 N–H and O–H groups in total. The number of nitrogens with one attached hydrogen (secondary N) is 1. The molecule has 0 saturated carbocycles. The Balaban J connectivity index is 0.00000127. The van der Waals surface area contributed by atoms with Crippen LogP contribution in [-0.4, -0.2) is 24.0 Å². The van der Waals surface area contributed by atoms with Crippen molar-refractivity contribution in [3.8, 4) is 5.75 Å². The van der Waals surface area contributed by atoms with Gasteiger partial charge < -0.3 is 20.4 Å². The maximum absolute atomic E-state index is 14.2. The van der Waals surface area contributed by atoms with Crippen LogP contribution in [0.1, 0.15) is 42.9 Å². The van der Waals surface area contributed by atoms with E-state index in [1.165, 1.54) is 47.4 Å².